The Morgan fingerprint density at radius 1 is 1.15 bits per heavy atom. The topological polar surface area (TPSA) is 59.0 Å². The summed E-state index contributed by atoms with van der Waals surface area (Å²) in [4.78, 5) is 10.6. The fraction of sp³-hybridized carbons (Fsp3) is 0.308. The van der Waals surface area contributed by atoms with Gasteiger partial charge >= 0.3 is 0 Å². The molecule has 1 aliphatic rings. The van der Waals surface area contributed by atoms with Crippen LogP contribution in [0.15, 0.2) is 78.0 Å². The maximum atomic E-state index is 14.5. The lowest BCUT2D eigenvalue weighted by Gasteiger charge is -2.22. The van der Waals surface area contributed by atoms with Crippen molar-refractivity contribution in [1.82, 2.24) is 15.2 Å². The van der Waals surface area contributed by atoms with Gasteiger partial charge in [0.1, 0.15) is 5.75 Å². The lowest BCUT2D eigenvalue weighted by atomic mass is 10.1. The minimum atomic E-state index is -0.412. The van der Waals surface area contributed by atoms with Crippen LogP contribution in [0.5, 0.6) is 11.5 Å². The van der Waals surface area contributed by atoms with Crippen LogP contribution >= 0.6 is 24.0 Å². The zero-order valence-corrected chi connectivity index (χ0v) is 21.5. The Hall–Kier alpha value is -2.72. The number of guanidine groups is 1. The molecule has 0 bridgehead atoms. The summed E-state index contributed by atoms with van der Waals surface area (Å²) in [5, 5.41) is 3.34. The van der Waals surface area contributed by atoms with Gasteiger partial charge in [-0.1, -0.05) is 36.4 Å². The van der Waals surface area contributed by atoms with E-state index in [2.05, 4.69) is 32.3 Å². The number of nitrogens with zero attached hydrogens (tertiary/aromatic N) is 3. The van der Waals surface area contributed by atoms with Crippen molar-refractivity contribution in [2.24, 2.45) is 10.9 Å². The maximum absolute atomic E-state index is 14.5. The highest BCUT2D eigenvalue weighted by molar-refractivity contribution is 14.0. The molecule has 1 atom stereocenters. The van der Waals surface area contributed by atoms with Crippen LogP contribution in [0.4, 0.5) is 4.39 Å². The standard InChI is InChI=1S/C26H29FN4O2.HI/c1-28-26(31-13-11-22(17-31)19-32-18-20-6-3-2-4-7-20)30-15-21-9-10-25(24(27)14-21)33-23-8-5-12-29-16-23;/h2-10,12,14,16,22H,11,13,15,17-19H2,1H3,(H,28,30);1H. The predicted molar refractivity (Wildman–Crippen MR) is 142 cm³/mol. The van der Waals surface area contributed by atoms with Gasteiger partial charge in [-0.15, -0.1) is 24.0 Å². The third-order valence-corrected chi connectivity index (χ3v) is 5.57. The molecule has 34 heavy (non-hydrogen) atoms. The third-order valence-electron chi connectivity index (χ3n) is 5.57. The largest absolute Gasteiger partial charge is 0.453 e. The highest BCUT2D eigenvalue weighted by Gasteiger charge is 2.25. The van der Waals surface area contributed by atoms with Gasteiger partial charge in [0, 0.05) is 38.8 Å². The van der Waals surface area contributed by atoms with Crippen LogP contribution in [0.2, 0.25) is 0 Å². The van der Waals surface area contributed by atoms with Crippen molar-refractivity contribution in [3.8, 4) is 11.5 Å². The molecule has 8 heteroatoms. The number of aromatic nitrogens is 1. The average molecular weight is 576 g/mol. The first-order chi connectivity index (χ1) is 16.2. The molecule has 0 aliphatic carbocycles. The number of rotatable bonds is 8. The third kappa shape index (κ3) is 7.39. The summed E-state index contributed by atoms with van der Waals surface area (Å²) in [5.74, 6) is 1.54. The van der Waals surface area contributed by atoms with Crippen LogP contribution < -0.4 is 10.1 Å². The Morgan fingerprint density at radius 3 is 2.74 bits per heavy atom. The van der Waals surface area contributed by atoms with Crippen LogP contribution in [0.1, 0.15) is 17.5 Å². The quantitative estimate of drug-likeness (QED) is 0.226. The molecule has 1 unspecified atom stereocenters. The number of pyridine rings is 1. The van der Waals surface area contributed by atoms with Crippen LogP contribution in [-0.4, -0.2) is 42.6 Å². The van der Waals surface area contributed by atoms with Gasteiger partial charge < -0.3 is 19.7 Å². The Labute approximate surface area is 217 Å². The van der Waals surface area contributed by atoms with Crippen molar-refractivity contribution in [2.75, 3.05) is 26.7 Å². The molecule has 4 rings (SSSR count). The molecule has 3 aromatic rings. The monoisotopic (exact) mass is 576 g/mol. The van der Waals surface area contributed by atoms with E-state index < -0.39 is 5.82 Å². The van der Waals surface area contributed by atoms with Gasteiger partial charge in [0.15, 0.2) is 17.5 Å². The second-order valence-electron chi connectivity index (χ2n) is 8.06. The molecule has 0 spiro atoms. The molecule has 1 aliphatic heterocycles. The van der Waals surface area contributed by atoms with Crippen molar-refractivity contribution < 1.29 is 13.9 Å². The fourth-order valence-corrected chi connectivity index (χ4v) is 3.86. The second kappa shape index (κ2) is 13.2. The van der Waals surface area contributed by atoms with E-state index in [1.54, 1.807) is 37.6 Å². The first kappa shape index (κ1) is 25.9. The Bertz CT molecular complexity index is 1050. The summed E-state index contributed by atoms with van der Waals surface area (Å²) in [6.07, 6.45) is 4.25. The van der Waals surface area contributed by atoms with Crippen LogP contribution in [0.25, 0.3) is 0 Å². The van der Waals surface area contributed by atoms with E-state index in [1.807, 2.05) is 24.3 Å². The summed E-state index contributed by atoms with van der Waals surface area (Å²) in [6, 6.07) is 18.7. The van der Waals surface area contributed by atoms with Gasteiger partial charge in [0.05, 0.1) is 19.4 Å². The molecular formula is C26H30FIN4O2. The zero-order chi connectivity index (χ0) is 22.9. The lowest BCUT2D eigenvalue weighted by molar-refractivity contribution is 0.0906. The van der Waals surface area contributed by atoms with E-state index in [1.165, 1.54) is 11.6 Å². The number of ether oxygens (including phenoxy) is 2. The summed E-state index contributed by atoms with van der Waals surface area (Å²) >= 11 is 0. The smallest absolute Gasteiger partial charge is 0.193 e. The Morgan fingerprint density at radius 2 is 2.00 bits per heavy atom. The minimum absolute atomic E-state index is 0. The number of halogens is 2. The van der Waals surface area contributed by atoms with Crippen molar-refractivity contribution in [1.29, 1.82) is 0 Å². The van der Waals surface area contributed by atoms with Gasteiger partial charge in [0.25, 0.3) is 0 Å². The summed E-state index contributed by atoms with van der Waals surface area (Å²) < 4.78 is 26.0. The predicted octanol–water partition coefficient (Wildman–Crippen LogP) is 5.25. The molecule has 0 radical (unpaired) electrons. The summed E-state index contributed by atoms with van der Waals surface area (Å²) in [6.45, 7) is 3.65. The highest BCUT2D eigenvalue weighted by Crippen LogP contribution is 2.24. The molecule has 2 aromatic carbocycles. The molecule has 1 N–H and O–H groups in total. The van der Waals surface area contributed by atoms with Gasteiger partial charge in [-0.3, -0.25) is 9.98 Å². The van der Waals surface area contributed by atoms with Crippen LogP contribution in [-0.2, 0) is 17.9 Å². The van der Waals surface area contributed by atoms with E-state index in [0.29, 0.717) is 24.8 Å². The van der Waals surface area contributed by atoms with Crippen LogP contribution in [0.3, 0.4) is 0 Å². The second-order valence-corrected chi connectivity index (χ2v) is 8.06. The molecule has 0 amide bonds. The van der Waals surface area contributed by atoms with Gasteiger partial charge in [-0.2, -0.15) is 0 Å². The number of aliphatic imine (C=N–C) groups is 1. The van der Waals surface area contributed by atoms with Gasteiger partial charge in [-0.05, 0) is 41.8 Å². The van der Waals surface area contributed by atoms with E-state index in [0.717, 1.165) is 37.6 Å². The number of hydrogen-bond acceptors (Lipinski definition) is 4. The Balaban J connectivity index is 0.00000324. The van der Waals surface area contributed by atoms with Gasteiger partial charge in [0.2, 0.25) is 0 Å². The number of hydrogen-bond donors (Lipinski definition) is 1. The van der Waals surface area contributed by atoms with Crippen molar-refractivity contribution in [2.45, 2.75) is 19.6 Å². The van der Waals surface area contributed by atoms with E-state index >= 15 is 0 Å². The molecule has 1 fully saturated rings. The summed E-state index contributed by atoms with van der Waals surface area (Å²) in [5.41, 5.74) is 2.00. The average Bonchev–Trinajstić information content (AvgIpc) is 3.31. The summed E-state index contributed by atoms with van der Waals surface area (Å²) in [7, 11) is 1.77. The molecular weight excluding hydrogens is 546 g/mol. The number of benzene rings is 2. The fourth-order valence-electron chi connectivity index (χ4n) is 3.86. The van der Waals surface area contributed by atoms with E-state index in [4.69, 9.17) is 9.47 Å². The molecule has 6 nitrogen and oxygen atoms in total. The number of likely N-dealkylation sites (tertiary alicyclic amines) is 1. The molecule has 0 saturated carbocycles. The van der Waals surface area contributed by atoms with Crippen molar-refractivity contribution in [3.63, 3.8) is 0 Å². The van der Waals surface area contributed by atoms with E-state index in [9.17, 15) is 4.39 Å². The maximum Gasteiger partial charge on any atom is 0.193 e. The van der Waals surface area contributed by atoms with Crippen molar-refractivity contribution >= 4 is 29.9 Å². The van der Waals surface area contributed by atoms with Gasteiger partial charge in [-0.25, -0.2) is 4.39 Å². The lowest BCUT2D eigenvalue weighted by Crippen LogP contribution is -2.39. The van der Waals surface area contributed by atoms with E-state index in [-0.39, 0.29) is 29.7 Å². The first-order valence-electron chi connectivity index (χ1n) is 11.1. The van der Waals surface area contributed by atoms with Crippen LogP contribution in [0, 0.1) is 11.7 Å². The Kier molecular flexibility index (Phi) is 10.1. The molecule has 1 aromatic heterocycles. The van der Waals surface area contributed by atoms with Crippen molar-refractivity contribution in [3.05, 3.63) is 90.0 Å². The molecule has 2 heterocycles. The normalized spacial score (nSPS) is 15.6. The number of nitrogens with one attached hydrogen (secondary N) is 1. The molecule has 180 valence electrons. The first-order valence-corrected chi connectivity index (χ1v) is 11.1. The SMILES string of the molecule is CN=C(NCc1ccc(Oc2cccnc2)c(F)c1)N1CCC(COCc2ccccc2)C1.I. The molecule has 1 saturated heterocycles. The zero-order valence-electron chi connectivity index (χ0n) is 19.2. The minimum Gasteiger partial charge on any atom is -0.453 e. The highest BCUT2D eigenvalue weighted by atomic mass is 127.